The van der Waals surface area contributed by atoms with Crippen LogP contribution >= 0.6 is 11.6 Å². The number of hydrogen-bond donors (Lipinski definition) is 1. The molecule has 0 saturated carbocycles. The summed E-state index contributed by atoms with van der Waals surface area (Å²) in [6.07, 6.45) is 3.16. The highest BCUT2D eigenvalue weighted by molar-refractivity contribution is 6.17. The highest BCUT2D eigenvalue weighted by Crippen LogP contribution is 2.14. The van der Waals surface area contributed by atoms with Crippen LogP contribution in [-0.2, 0) is 0 Å². The first-order valence-corrected chi connectivity index (χ1v) is 5.48. The van der Waals surface area contributed by atoms with E-state index in [2.05, 4.69) is 15.3 Å². The summed E-state index contributed by atoms with van der Waals surface area (Å²) < 4.78 is 13.5. The van der Waals surface area contributed by atoms with Crippen molar-refractivity contribution < 1.29 is 4.39 Å². The lowest BCUT2D eigenvalue weighted by Crippen LogP contribution is -2.17. The molecule has 0 aliphatic heterocycles. The molecule has 0 bridgehead atoms. The molecule has 84 valence electrons. The largest absolute Gasteiger partial charge is 0.365 e. The number of hydrogen-bond acceptors (Lipinski definition) is 3. The average molecular weight is 232 g/mol. The van der Waals surface area contributed by atoms with Crippen molar-refractivity contribution in [3.05, 3.63) is 17.8 Å². The zero-order chi connectivity index (χ0) is 11.3. The van der Waals surface area contributed by atoms with E-state index in [9.17, 15) is 4.39 Å². The molecule has 1 heterocycles. The molecule has 1 atom stereocenters. The predicted molar refractivity (Wildman–Crippen MR) is 59.8 cm³/mol. The number of nitrogens with one attached hydrogen (secondary N) is 1. The van der Waals surface area contributed by atoms with Crippen molar-refractivity contribution in [1.29, 1.82) is 0 Å². The summed E-state index contributed by atoms with van der Waals surface area (Å²) in [5, 5.41) is 3.00. The summed E-state index contributed by atoms with van der Waals surface area (Å²) in [6.45, 7) is 3.59. The maximum atomic E-state index is 13.5. The second kappa shape index (κ2) is 5.85. The van der Waals surface area contributed by atoms with Gasteiger partial charge in [0.25, 0.3) is 0 Å². The molecule has 0 saturated heterocycles. The molecule has 0 fully saturated rings. The van der Waals surface area contributed by atoms with Crippen LogP contribution in [0, 0.1) is 12.7 Å². The molecule has 0 aliphatic rings. The van der Waals surface area contributed by atoms with Crippen LogP contribution < -0.4 is 5.32 Å². The highest BCUT2D eigenvalue weighted by Gasteiger charge is 2.09. The molecule has 1 rings (SSSR count). The van der Waals surface area contributed by atoms with Gasteiger partial charge in [0, 0.05) is 11.9 Å². The minimum atomic E-state index is -0.379. The Morgan fingerprint density at radius 1 is 1.53 bits per heavy atom. The molecule has 5 heteroatoms. The summed E-state index contributed by atoms with van der Waals surface area (Å²) in [5.41, 5.74) is 0.358. The molecule has 15 heavy (non-hydrogen) atoms. The Hall–Kier alpha value is -0.900. The van der Waals surface area contributed by atoms with Gasteiger partial charge in [-0.05, 0) is 26.7 Å². The van der Waals surface area contributed by atoms with Crippen molar-refractivity contribution in [3.63, 3.8) is 0 Å². The number of alkyl halides is 1. The van der Waals surface area contributed by atoms with Gasteiger partial charge in [0.15, 0.2) is 11.6 Å². The third-order valence-corrected chi connectivity index (χ3v) is 2.38. The van der Waals surface area contributed by atoms with Crippen molar-refractivity contribution >= 4 is 17.4 Å². The van der Waals surface area contributed by atoms with E-state index in [4.69, 9.17) is 11.6 Å². The average Bonchev–Trinajstić information content (AvgIpc) is 2.22. The summed E-state index contributed by atoms with van der Waals surface area (Å²) in [5.74, 6) is 0.511. The molecule has 0 aromatic carbocycles. The van der Waals surface area contributed by atoms with Gasteiger partial charge in [-0.15, -0.1) is 11.6 Å². The van der Waals surface area contributed by atoms with Crippen LogP contribution in [0.25, 0.3) is 0 Å². The van der Waals surface area contributed by atoms with E-state index in [1.54, 1.807) is 6.92 Å². The minimum Gasteiger partial charge on any atom is -0.365 e. The van der Waals surface area contributed by atoms with E-state index in [-0.39, 0.29) is 17.7 Å². The molecule has 0 amide bonds. The number of halogens is 2. The van der Waals surface area contributed by atoms with Gasteiger partial charge in [-0.2, -0.15) is 0 Å². The third kappa shape index (κ3) is 3.63. The van der Waals surface area contributed by atoms with Gasteiger partial charge in [-0.1, -0.05) is 0 Å². The summed E-state index contributed by atoms with van der Waals surface area (Å²) in [4.78, 5) is 7.62. The normalized spacial score (nSPS) is 12.5. The number of aryl methyl sites for hydroxylation is 1. The Kier molecular flexibility index (Phi) is 4.75. The van der Waals surface area contributed by atoms with E-state index in [0.717, 1.165) is 12.8 Å². The molecule has 1 aromatic heterocycles. The van der Waals surface area contributed by atoms with E-state index >= 15 is 0 Å². The first-order valence-electron chi connectivity index (χ1n) is 4.94. The monoisotopic (exact) mass is 231 g/mol. The van der Waals surface area contributed by atoms with Gasteiger partial charge in [-0.3, -0.25) is 0 Å². The van der Waals surface area contributed by atoms with Gasteiger partial charge < -0.3 is 5.32 Å². The lowest BCUT2D eigenvalue weighted by atomic mass is 10.2. The quantitative estimate of drug-likeness (QED) is 0.792. The topological polar surface area (TPSA) is 37.8 Å². The van der Waals surface area contributed by atoms with Gasteiger partial charge >= 0.3 is 0 Å². The van der Waals surface area contributed by atoms with Crippen LogP contribution in [0.2, 0.25) is 0 Å². The number of rotatable bonds is 5. The van der Waals surface area contributed by atoms with Crippen LogP contribution in [-0.4, -0.2) is 21.9 Å². The second-order valence-electron chi connectivity index (χ2n) is 3.50. The fraction of sp³-hybridized carbons (Fsp3) is 0.600. The Morgan fingerprint density at radius 2 is 2.27 bits per heavy atom. The number of anilines is 1. The molecule has 3 nitrogen and oxygen atoms in total. The lowest BCUT2D eigenvalue weighted by Gasteiger charge is -2.14. The van der Waals surface area contributed by atoms with Crippen molar-refractivity contribution in [3.8, 4) is 0 Å². The molecule has 0 aliphatic carbocycles. The second-order valence-corrected chi connectivity index (χ2v) is 3.88. The predicted octanol–water partition coefficient (Wildman–Crippen LogP) is 2.74. The molecule has 1 unspecified atom stereocenters. The summed E-state index contributed by atoms with van der Waals surface area (Å²) in [7, 11) is 0. The maximum Gasteiger partial charge on any atom is 0.186 e. The number of nitrogens with zero attached hydrogens (tertiary/aromatic N) is 2. The van der Waals surface area contributed by atoms with Crippen LogP contribution in [0.4, 0.5) is 10.2 Å². The first-order chi connectivity index (χ1) is 7.15. The smallest absolute Gasteiger partial charge is 0.186 e. The first kappa shape index (κ1) is 12.2. The number of aromatic nitrogens is 2. The van der Waals surface area contributed by atoms with E-state index in [1.165, 1.54) is 6.33 Å². The van der Waals surface area contributed by atoms with Crippen LogP contribution in [0.1, 0.15) is 25.5 Å². The maximum absolute atomic E-state index is 13.5. The Bertz CT molecular complexity index is 320. The SMILES string of the molecule is Cc1ncnc(NC(C)CCCCl)c1F. The van der Waals surface area contributed by atoms with Gasteiger partial charge in [-0.25, -0.2) is 14.4 Å². The Balaban J connectivity index is 2.60. The van der Waals surface area contributed by atoms with Crippen molar-refractivity contribution in [1.82, 2.24) is 9.97 Å². The van der Waals surface area contributed by atoms with Crippen LogP contribution in [0.3, 0.4) is 0 Å². The van der Waals surface area contributed by atoms with Crippen molar-refractivity contribution in [2.75, 3.05) is 11.2 Å². The zero-order valence-corrected chi connectivity index (χ0v) is 9.68. The third-order valence-electron chi connectivity index (χ3n) is 2.12. The summed E-state index contributed by atoms with van der Waals surface area (Å²) >= 11 is 5.58. The standard InChI is InChI=1S/C10H15ClFN3/c1-7(4-3-5-11)15-10-9(12)8(2)13-6-14-10/h6-7H,3-5H2,1-2H3,(H,13,14,15). The van der Waals surface area contributed by atoms with E-state index in [0.29, 0.717) is 11.6 Å². The van der Waals surface area contributed by atoms with Gasteiger partial charge in [0.05, 0.1) is 5.69 Å². The molecular weight excluding hydrogens is 217 g/mol. The van der Waals surface area contributed by atoms with Crippen molar-refractivity contribution in [2.45, 2.75) is 32.7 Å². The molecule has 0 radical (unpaired) electrons. The fourth-order valence-corrected chi connectivity index (χ4v) is 1.40. The van der Waals surface area contributed by atoms with Crippen LogP contribution in [0.15, 0.2) is 6.33 Å². The zero-order valence-electron chi connectivity index (χ0n) is 8.93. The fourth-order valence-electron chi connectivity index (χ4n) is 1.25. The molecule has 0 spiro atoms. The van der Waals surface area contributed by atoms with Crippen molar-refractivity contribution in [2.24, 2.45) is 0 Å². The van der Waals surface area contributed by atoms with Gasteiger partial charge in [0.2, 0.25) is 0 Å². The molecular formula is C10H15ClFN3. The van der Waals surface area contributed by atoms with Gasteiger partial charge in [0.1, 0.15) is 6.33 Å². The van der Waals surface area contributed by atoms with E-state index < -0.39 is 0 Å². The molecule has 1 N–H and O–H groups in total. The summed E-state index contributed by atoms with van der Waals surface area (Å²) in [6, 6.07) is 0.160. The molecule has 1 aromatic rings. The Morgan fingerprint density at radius 3 is 2.93 bits per heavy atom. The minimum absolute atomic E-state index is 0.160. The highest BCUT2D eigenvalue weighted by atomic mass is 35.5. The Labute approximate surface area is 94.1 Å². The lowest BCUT2D eigenvalue weighted by molar-refractivity contribution is 0.596. The van der Waals surface area contributed by atoms with E-state index in [1.807, 2.05) is 6.92 Å². The van der Waals surface area contributed by atoms with Crippen LogP contribution in [0.5, 0.6) is 0 Å².